The molecule has 1 N–H and O–H groups in total. The van der Waals surface area contributed by atoms with Gasteiger partial charge in [0.1, 0.15) is 17.8 Å². The molecule has 3 atom stereocenters. The van der Waals surface area contributed by atoms with Gasteiger partial charge in [0.25, 0.3) is 0 Å². The van der Waals surface area contributed by atoms with Crippen LogP contribution in [0.1, 0.15) is 50.5 Å². The molecule has 1 aliphatic heterocycles. The minimum atomic E-state index is -1.03. The highest BCUT2D eigenvalue weighted by atomic mass is 16.7. The quantitative estimate of drug-likeness (QED) is 0.590. The highest BCUT2D eigenvalue weighted by molar-refractivity contribution is 6.00. The van der Waals surface area contributed by atoms with E-state index in [-0.39, 0.29) is 19.0 Å². The number of benzene rings is 2. The number of rotatable bonds is 8. The Kier molecular flexibility index (Phi) is 7.89. The summed E-state index contributed by atoms with van der Waals surface area (Å²) in [6, 6.07) is 17.6. The number of ketones is 1. The third kappa shape index (κ3) is 7.39. The zero-order chi connectivity index (χ0) is 24.1. The standard InChI is InChI=1S/C26H33NO6/c1-25(2,3)33-24(29)27-21(20-17-31-26(4,5)32-20)23(22(28)19-14-10-7-11-15-19)30-16-18-12-8-6-9-13-18/h6-15,20-21,23H,16-17H2,1-5H3,(H,27,29). The fourth-order valence-electron chi connectivity index (χ4n) is 3.57. The first kappa shape index (κ1) is 24.9. The molecule has 1 fully saturated rings. The molecule has 0 saturated carbocycles. The molecule has 3 rings (SSSR count). The van der Waals surface area contributed by atoms with E-state index >= 15 is 0 Å². The van der Waals surface area contributed by atoms with E-state index in [0.717, 1.165) is 5.56 Å². The van der Waals surface area contributed by atoms with Crippen molar-refractivity contribution in [1.82, 2.24) is 5.32 Å². The molecule has 0 aliphatic carbocycles. The lowest BCUT2D eigenvalue weighted by atomic mass is 9.96. The number of alkyl carbamates (subject to hydrolysis) is 1. The van der Waals surface area contributed by atoms with Crippen molar-refractivity contribution in [1.29, 1.82) is 0 Å². The summed E-state index contributed by atoms with van der Waals surface area (Å²) >= 11 is 0. The molecule has 7 heteroatoms. The minimum absolute atomic E-state index is 0.188. The molecule has 0 spiro atoms. The lowest BCUT2D eigenvalue weighted by Crippen LogP contribution is -2.56. The number of ether oxygens (including phenoxy) is 4. The largest absolute Gasteiger partial charge is 0.444 e. The van der Waals surface area contributed by atoms with Crippen LogP contribution < -0.4 is 5.32 Å². The van der Waals surface area contributed by atoms with Crippen LogP contribution in [-0.4, -0.2) is 48.1 Å². The van der Waals surface area contributed by atoms with Crippen molar-refractivity contribution >= 4 is 11.9 Å². The summed E-state index contributed by atoms with van der Waals surface area (Å²) in [5, 5.41) is 2.83. The summed E-state index contributed by atoms with van der Waals surface area (Å²) in [4.78, 5) is 26.3. The van der Waals surface area contributed by atoms with Crippen LogP contribution in [0.4, 0.5) is 4.79 Å². The van der Waals surface area contributed by atoms with E-state index in [4.69, 9.17) is 18.9 Å². The Morgan fingerprint density at radius 1 is 1.06 bits per heavy atom. The fraction of sp³-hybridized carbons (Fsp3) is 0.462. The Balaban J connectivity index is 1.91. The van der Waals surface area contributed by atoms with Crippen LogP contribution in [0.15, 0.2) is 60.7 Å². The summed E-state index contributed by atoms with van der Waals surface area (Å²) in [6.07, 6.45) is -2.29. The van der Waals surface area contributed by atoms with Crippen LogP contribution in [0.5, 0.6) is 0 Å². The van der Waals surface area contributed by atoms with Crippen molar-refractivity contribution in [3.05, 3.63) is 71.8 Å². The first-order chi connectivity index (χ1) is 15.5. The molecule has 3 unspecified atom stereocenters. The predicted molar refractivity (Wildman–Crippen MR) is 124 cm³/mol. The molecule has 0 bridgehead atoms. The van der Waals surface area contributed by atoms with Gasteiger partial charge in [0, 0.05) is 5.56 Å². The SMILES string of the molecule is CC(C)(C)OC(=O)NC(C1COC(C)(C)O1)C(OCc1ccccc1)C(=O)c1ccccc1. The fourth-order valence-corrected chi connectivity index (χ4v) is 3.57. The van der Waals surface area contributed by atoms with Gasteiger partial charge in [0.05, 0.1) is 19.3 Å². The van der Waals surface area contributed by atoms with Crippen molar-refractivity contribution in [2.24, 2.45) is 0 Å². The second-order valence-electron chi connectivity index (χ2n) is 9.49. The van der Waals surface area contributed by atoms with Crippen LogP contribution >= 0.6 is 0 Å². The Labute approximate surface area is 195 Å². The van der Waals surface area contributed by atoms with Crippen LogP contribution in [0.25, 0.3) is 0 Å². The van der Waals surface area contributed by atoms with Crippen LogP contribution in [0.2, 0.25) is 0 Å². The molecule has 1 saturated heterocycles. The van der Waals surface area contributed by atoms with Gasteiger partial charge in [0.15, 0.2) is 11.6 Å². The molecule has 7 nitrogen and oxygen atoms in total. The molecule has 0 radical (unpaired) electrons. The van der Waals surface area contributed by atoms with E-state index in [1.165, 1.54) is 0 Å². The number of amides is 1. The molecule has 1 amide bonds. The van der Waals surface area contributed by atoms with Crippen LogP contribution in [0, 0.1) is 0 Å². The van der Waals surface area contributed by atoms with E-state index < -0.39 is 35.7 Å². The molecular formula is C26H33NO6. The van der Waals surface area contributed by atoms with Gasteiger partial charge in [-0.15, -0.1) is 0 Å². The third-order valence-corrected chi connectivity index (χ3v) is 5.03. The minimum Gasteiger partial charge on any atom is -0.444 e. The molecule has 33 heavy (non-hydrogen) atoms. The highest BCUT2D eigenvalue weighted by Crippen LogP contribution is 2.27. The maximum absolute atomic E-state index is 13.6. The van der Waals surface area contributed by atoms with Crippen molar-refractivity contribution in [3.8, 4) is 0 Å². The van der Waals surface area contributed by atoms with Crippen molar-refractivity contribution in [3.63, 3.8) is 0 Å². The summed E-state index contributed by atoms with van der Waals surface area (Å²) in [7, 11) is 0. The van der Waals surface area contributed by atoms with E-state index in [2.05, 4.69) is 5.32 Å². The predicted octanol–water partition coefficient (Wildman–Crippen LogP) is 4.50. The van der Waals surface area contributed by atoms with Crippen molar-refractivity contribution < 1.29 is 28.5 Å². The van der Waals surface area contributed by atoms with E-state index in [1.807, 2.05) is 36.4 Å². The molecular weight excluding hydrogens is 422 g/mol. The van der Waals surface area contributed by atoms with Crippen molar-refractivity contribution in [2.45, 2.75) is 70.9 Å². The molecule has 178 valence electrons. The molecule has 2 aromatic rings. The van der Waals surface area contributed by atoms with Gasteiger partial charge >= 0.3 is 6.09 Å². The molecule has 2 aromatic carbocycles. The van der Waals surface area contributed by atoms with Gasteiger partial charge < -0.3 is 24.3 Å². The van der Waals surface area contributed by atoms with Gasteiger partial charge in [-0.3, -0.25) is 4.79 Å². The number of hydrogen-bond acceptors (Lipinski definition) is 6. The maximum Gasteiger partial charge on any atom is 0.408 e. The highest BCUT2D eigenvalue weighted by Gasteiger charge is 2.44. The number of carbonyl (C=O) groups is 2. The Morgan fingerprint density at radius 2 is 1.67 bits per heavy atom. The average molecular weight is 456 g/mol. The summed E-state index contributed by atoms with van der Waals surface area (Å²) < 4.78 is 23.4. The molecule has 1 heterocycles. The second kappa shape index (κ2) is 10.5. The molecule has 1 aliphatic rings. The monoisotopic (exact) mass is 455 g/mol. The third-order valence-electron chi connectivity index (χ3n) is 5.03. The Morgan fingerprint density at radius 3 is 2.21 bits per heavy atom. The lowest BCUT2D eigenvalue weighted by molar-refractivity contribution is -0.146. The first-order valence-corrected chi connectivity index (χ1v) is 11.1. The van der Waals surface area contributed by atoms with E-state index in [0.29, 0.717) is 5.56 Å². The van der Waals surface area contributed by atoms with Crippen LogP contribution in [0.3, 0.4) is 0 Å². The van der Waals surface area contributed by atoms with E-state index in [1.54, 1.807) is 58.9 Å². The second-order valence-corrected chi connectivity index (χ2v) is 9.49. The summed E-state index contributed by atoms with van der Waals surface area (Å²) in [5.41, 5.74) is 0.679. The van der Waals surface area contributed by atoms with E-state index in [9.17, 15) is 9.59 Å². The zero-order valence-corrected chi connectivity index (χ0v) is 19.9. The Bertz CT molecular complexity index is 923. The maximum atomic E-state index is 13.6. The number of carbonyl (C=O) groups excluding carboxylic acids is 2. The van der Waals surface area contributed by atoms with Gasteiger partial charge in [0.2, 0.25) is 0 Å². The number of nitrogens with one attached hydrogen (secondary N) is 1. The van der Waals surface area contributed by atoms with Gasteiger partial charge in [-0.25, -0.2) is 4.79 Å². The zero-order valence-electron chi connectivity index (χ0n) is 19.9. The average Bonchev–Trinajstić information content (AvgIpc) is 3.12. The summed E-state index contributed by atoms with van der Waals surface area (Å²) in [6.45, 7) is 9.29. The lowest BCUT2D eigenvalue weighted by Gasteiger charge is -2.32. The normalized spacial score (nSPS) is 19.5. The van der Waals surface area contributed by atoms with Gasteiger partial charge in [-0.2, -0.15) is 0 Å². The topological polar surface area (TPSA) is 83.1 Å². The van der Waals surface area contributed by atoms with Gasteiger partial charge in [-0.05, 0) is 40.2 Å². The van der Waals surface area contributed by atoms with Crippen LogP contribution in [-0.2, 0) is 25.6 Å². The molecule has 0 aromatic heterocycles. The van der Waals surface area contributed by atoms with Crippen molar-refractivity contribution in [2.75, 3.05) is 6.61 Å². The number of Topliss-reactive ketones (excluding diaryl/α,β-unsaturated/α-hetero) is 1. The summed E-state index contributed by atoms with van der Waals surface area (Å²) in [5.74, 6) is -1.11. The smallest absolute Gasteiger partial charge is 0.408 e. The number of hydrogen-bond donors (Lipinski definition) is 1. The Hall–Kier alpha value is -2.74. The first-order valence-electron chi connectivity index (χ1n) is 11.1. The van der Waals surface area contributed by atoms with Gasteiger partial charge in [-0.1, -0.05) is 60.7 Å².